The zero-order chi connectivity index (χ0) is 35.7. The minimum Gasteiger partial charge on any atom is -0.505 e. The Balaban J connectivity index is 1.66. The summed E-state index contributed by atoms with van der Waals surface area (Å²) in [5.74, 6) is -5.58. The number of benzene rings is 3. The second-order valence-electron chi connectivity index (χ2n) is 13.2. The lowest BCUT2D eigenvalue weighted by Gasteiger charge is -2.40. The molecule has 1 aromatic heterocycles. The Morgan fingerprint density at radius 3 is 2.35 bits per heavy atom. The molecule has 0 radical (unpaired) electrons. The van der Waals surface area contributed by atoms with Crippen LogP contribution in [0.4, 0.5) is 11.4 Å². The van der Waals surface area contributed by atoms with Crippen molar-refractivity contribution in [1.82, 2.24) is 4.98 Å². The van der Waals surface area contributed by atoms with Crippen LogP contribution in [0.1, 0.15) is 57.5 Å². The summed E-state index contributed by atoms with van der Waals surface area (Å²) in [6, 6.07) is 3.26. The SMILES string of the molecule is CC(=O)Nc1c(O)c2c(=O)c(C)c3c(c2c2nc4c(OC(C)=O)cc(N5CC[N+](O)(CC(C)C)CC5)cc4oc12)C(=O)C(C)(OC(C)=O)O3. The Morgan fingerprint density at radius 2 is 1.76 bits per heavy atom. The lowest BCUT2D eigenvalue weighted by molar-refractivity contribution is -1.10. The summed E-state index contributed by atoms with van der Waals surface area (Å²) in [6.45, 7) is 12.7. The van der Waals surface area contributed by atoms with Crippen molar-refractivity contribution in [2.45, 2.75) is 54.3 Å². The van der Waals surface area contributed by atoms with Gasteiger partial charge in [0, 0.05) is 62.4 Å². The van der Waals surface area contributed by atoms with Crippen molar-refractivity contribution in [3.8, 4) is 17.2 Å². The van der Waals surface area contributed by atoms with Crippen molar-refractivity contribution in [3.05, 3.63) is 33.5 Å². The molecular formula is C34H37N4O11+. The topological polar surface area (TPSA) is 195 Å². The minimum absolute atomic E-state index is 0.00360. The first-order valence-corrected chi connectivity index (χ1v) is 15.8. The van der Waals surface area contributed by atoms with E-state index in [1.54, 1.807) is 12.1 Å². The van der Waals surface area contributed by atoms with Crippen molar-refractivity contribution >= 4 is 68.0 Å². The number of fused-ring (bicyclic) bond motifs is 6. The van der Waals surface area contributed by atoms with E-state index < -0.39 is 40.6 Å². The number of phenols is 1. The van der Waals surface area contributed by atoms with Crippen molar-refractivity contribution in [1.29, 1.82) is 0 Å². The average Bonchev–Trinajstić information content (AvgIpc) is 3.25. The predicted molar refractivity (Wildman–Crippen MR) is 176 cm³/mol. The van der Waals surface area contributed by atoms with E-state index >= 15 is 0 Å². The van der Waals surface area contributed by atoms with E-state index in [4.69, 9.17) is 23.6 Å². The zero-order valence-electron chi connectivity index (χ0n) is 28.2. The highest BCUT2D eigenvalue weighted by atomic mass is 16.7. The Labute approximate surface area is 279 Å². The average molecular weight is 678 g/mol. The van der Waals surface area contributed by atoms with Crippen LogP contribution in [0.15, 0.2) is 21.3 Å². The fraction of sp³-hybridized carbons (Fsp3) is 0.412. The quantitative estimate of drug-likeness (QED) is 0.0664. The molecule has 6 rings (SSSR count). The van der Waals surface area contributed by atoms with Gasteiger partial charge in [0.1, 0.15) is 42.1 Å². The summed E-state index contributed by atoms with van der Waals surface area (Å²) in [7, 11) is 0. The molecule has 3 N–H and O–H groups in total. The molecule has 15 heteroatoms. The second-order valence-corrected chi connectivity index (χ2v) is 13.2. The number of rotatable bonds is 6. The monoisotopic (exact) mass is 677 g/mol. The Hall–Kier alpha value is -5.28. The molecule has 3 heterocycles. The summed E-state index contributed by atoms with van der Waals surface area (Å²) in [4.78, 5) is 71.1. The van der Waals surface area contributed by atoms with E-state index in [1.807, 2.05) is 18.7 Å². The van der Waals surface area contributed by atoms with Gasteiger partial charge in [0.15, 0.2) is 28.1 Å². The molecule has 2 aliphatic rings. The molecular weight excluding hydrogens is 640 g/mol. The van der Waals surface area contributed by atoms with Crippen LogP contribution in [0.25, 0.3) is 33.0 Å². The van der Waals surface area contributed by atoms with Gasteiger partial charge in [0.2, 0.25) is 5.91 Å². The van der Waals surface area contributed by atoms with E-state index in [0.717, 1.165) is 6.92 Å². The van der Waals surface area contributed by atoms with Crippen LogP contribution in [-0.4, -0.2) is 82.1 Å². The first kappa shape index (κ1) is 33.6. The molecule has 4 aromatic rings. The number of carbonyl (C=O) groups excluding carboxylic acids is 4. The van der Waals surface area contributed by atoms with Crippen molar-refractivity contribution in [2.75, 3.05) is 42.9 Å². The lowest BCUT2D eigenvalue weighted by Crippen LogP contribution is -2.59. The fourth-order valence-electron chi connectivity index (χ4n) is 6.76. The number of aromatic hydroxyl groups is 1. The van der Waals surface area contributed by atoms with Crippen LogP contribution in [0, 0.1) is 12.8 Å². The molecule has 2 aliphatic heterocycles. The molecule has 1 fully saturated rings. The van der Waals surface area contributed by atoms with Crippen LogP contribution in [-0.2, 0) is 19.1 Å². The maximum atomic E-state index is 13.9. The van der Waals surface area contributed by atoms with E-state index in [0.29, 0.717) is 38.4 Å². The van der Waals surface area contributed by atoms with E-state index in [1.165, 1.54) is 27.7 Å². The second kappa shape index (κ2) is 11.7. The number of carbonyl (C=O) groups is 4. The standard InChI is InChI=1S/C34H36N4O11/c1-15(2)14-38(45)10-8-37(9-11-38)20-12-21(46-18(5)40)26-22(13-20)47-32-27(36-26)23-24(30(43)28(32)35-17(4)39)29(42)16(3)31-25(23)33(44)34(7,49-31)48-19(6)41/h12-13,15,45H,8-11,14H2,1-7H3,(H-,35,36,39,42,43,44)/p+1. The number of hydrogen-bond donors (Lipinski definition) is 3. The molecule has 1 atom stereocenters. The van der Waals surface area contributed by atoms with Gasteiger partial charge in [-0.3, -0.25) is 24.0 Å². The molecule has 1 amide bonds. The molecule has 0 aliphatic carbocycles. The maximum Gasteiger partial charge on any atom is 0.315 e. The van der Waals surface area contributed by atoms with Gasteiger partial charge in [-0.2, -0.15) is 4.65 Å². The Kier molecular flexibility index (Phi) is 8.03. The molecule has 49 heavy (non-hydrogen) atoms. The molecule has 258 valence electrons. The predicted octanol–water partition coefficient (Wildman–Crippen LogP) is 3.93. The summed E-state index contributed by atoms with van der Waals surface area (Å²) >= 11 is 0. The van der Waals surface area contributed by atoms with Crippen molar-refractivity contribution in [2.24, 2.45) is 5.92 Å². The largest absolute Gasteiger partial charge is 0.505 e. The number of ether oxygens (including phenoxy) is 3. The Morgan fingerprint density at radius 1 is 1.08 bits per heavy atom. The highest BCUT2D eigenvalue weighted by molar-refractivity contribution is 6.26. The van der Waals surface area contributed by atoms with Crippen LogP contribution < -0.4 is 25.1 Å². The normalized spacial score (nSPS) is 18.6. The molecule has 1 saturated heterocycles. The van der Waals surface area contributed by atoms with Gasteiger partial charge in [0.25, 0.3) is 5.78 Å². The van der Waals surface area contributed by atoms with Gasteiger partial charge < -0.3 is 34.0 Å². The number of nitrogens with zero attached hydrogens (tertiary/aromatic N) is 3. The smallest absolute Gasteiger partial charge is 0.315 e. The first-order valence-electron chi connectivity index (χ1n) is 15.8. The number of quaternary nitrogens is 1. The van der Waals surface area contributed by atoms with Crippen molar-refractivity contribution < 1.29 is 52.8 Å². The molecule has 0 bridgehead atoms. The van der Waals surface area contributed by atoms with Gasteiger partial charge in [-0.15, -0.1) is 0 Å². The number of Topliss-reactive ketones (excluding diaryl/α,β-unsaturated/α-hetero) is 1. The number of nitrogens with one attached hydrogen (secondary N) is 1. The highest BCUT2D eigenvalue weighted by Gasteiger charge is 2.50. The van der Waals surface area contributed by atoms with Crippen molar-refractivity contribution in [3.63, 3.8) is 0 Å². The summed E-state index contributed by atoms with van der Waals surface area (Å²) in [6.07, 6.45) is 0. The third-order valence-electron chi connectivity index (χ3n) is 8.72. The van der Waals surface area contributed by atoms with Gasteiger partial charge in [-0.25, -0.2) is 10.2 Å². The minimum atomic E-state index is -2.13. The number of phenolic OH excluding ortho intramolecular Hbond substituents is 1. The zero-order valence-corrected chi connectivity index (χ0v) is 28.2. The lowest BCUT2D eigenvalue weighted by atomic mass is 9.93. The van der Waals surface area contributed by atoms with Crippen LogP contribution >= 0.6 is 0 Å². The van der Waals surface area contributed by atoms with E-state index in [-0.39, 0.29) is 71.8 Å². The number of hydroxylamine groups is 3. The number of hydrogen-bond acceptors (Lipinski definition) is 13. The summed E-state index contributed by atoms with van der Waals surface area (Å²) < 4.78 is 22.9. The summed E-state index contributed by atoms with van der Waals surface area (Å²) in [5, 5.41) is 24.6. The van der Waals surface area contributed by atoms with Gasteiger partial charge in [-0.1, -0.05) is 13.8 Å². The molecule has 0 spiro atoms. The molecule has 15 nitrogen and oxygen atoms in total. The van der Waals surface area contributed by atoms with E-state index in [9.17, 15) is 34.3 Å². The van der Waals surface area contributed by atoms with Crippen LogP contribution in [0.5, 0.6) is 17.2 Å². The molecule has 1 unspecified atom stereocenters. The van der Waals surface area contributed by atoms with Gasteiger partial charge >= 0.3 is 17.7 Å². The molecule has 3 aromatic carbocycles. The van der Waals surface area contributed by atoms with Gasteiger partial charge in [0.05, 0.1) is 24.0 Å². The number of aromatic nitrogens is 1. The maximum absolute atomic E-state index is 13.9. The molecule has 0 saturated carbocycles. The third kappa shape index (κ3) is 5.68. The first-order chi connectivity index (χ1) is 22.9. The van der Waals surface area contributed by atoms with Crippen LogP contribution in [0.2, 0.25) is 0 Å². The summed E-state index contributed by atoms with van der Waals surface area (Å²) in [5.41, 5.74) is -0.890. The number of amides is 1. The van der Waals surface area contributed by atoms with E-state index in [2.05, 4.69) is 5.32 Å². The van der Waals surface area contributed by atoms with Crippen LogP contribution in [0.3, 0.4) is 0 Å². The fourth-order valence-corrected chi connectivity index (χ4v) is 6.76. The van der Waals surface area contributed by atoms with Gasteiger partial charge in [-0.05, 0) is 6.92 Å². The highest BCUT2D eigenvalue weighted by Crippen LogP contribution is 2.49. The third-order valence-corrected chi connectivity index (χ3v) is 8.72. The number of ketones is 1. The number of esters is 2. The number of piperazine rings is 1. The number of anilines is 2. The Bertz CT molecular complexity index is 2180.